The fourth-order valence-electron chi connectivity index (χ4n) is 2.71. The lowest BCUT2D eigenvalue weighted by atomic mass is 10.2. The minimum Gasteiger partial charge on any atom is -0.243 e. The van der Waals surface area contributed by atoms with Crippen LogP contribution in [0, 0.1) is 0 Å². The van der Waals surface area contributed by atoms with Gasteiger partial charge in [-0.3, -0.25) is 0 Å². The quantitative estimate of drug-likeness (QED) is 0.734. The lowest BCUT2D eigenvalue weighted by Crippen LogP contribution is -2.33. The second-order valence-corrected chi connectivity index (χ2v) is 8.31. The first-order valence-electron chi connectivity index (χ1n) is 6.67. The minimum absolute atomic E-state index is 0.0433. The van der Waals surface area contributed by atoms with Gasteiger partial charge in [-0.1, -0.05) is 17.7 Å². The maximum absolute atomic E-state index is 12.7. The summed E-state index contributed by atoms with van der Waals surface area (Å²) in [7, 11) is -3.48. The van der Waals surface area contributed by atoms with Crippen molar-refractivity contribution in [2.45, 2.75) is 30.7 Å². The number of aromatic nitrogens is 1. The highest BCUT2D eigenvalue weighted by molar-refractivity contribution is 9.10. The van der Waals surface area contributed by atoms with E-state index < -0.39 is 10.0 Å². The number of nitrogens with zero attached hydrogens (tertiary/aromatic N) is 2. The molecule has 21 heavy (non-hydrogen) atoms. The van der Waals surface area contributed by atoms with Crippen molar-refractivity contribution in [3.63, 3.8) is 0 Å². The largest absolute Gasteiger partial charge is 0.243 e. The van der Waals surface area contributed by atoms with E-state index in [4.69, 9.17) is 11.6 Å². The van der Waals surface area contributed by atoms with E-state index >= 15 is 0 Å². The van der Waals surface area contributed by atoms with E-state index in [1.165, 1.54) is 0 Å². The third-order valence-corrected chi connectivity index (χ3v) is 6.80. The van der Waals surface area contributed by atoms with Crippen LogP contribution in [0.4, 0.5) is 0 Å². The van der Waals surface area contributed by atoms with Crippen molar-refractivity contribution in [3.8, 4) is 0 Å². The molecule has 1 aliphatic heterocycles. The highest BCUT2D eigenvalue weighted by atomic mass is 79.9. The van der Waals surface area contributed by atoms with Crippen molar-refractivity contribution in [1.29, 1.82) is 0 Å². The summed E-state index contributed by atoms with van der Waals surface area (Å²) in [5.41, 5.74) is 0. The van der Waals surface area contributed by atoms with Crippen LogP contribution >= 0.6 is 27.5 Å². The van der Waals surface area contributed by atoms with Crippen LogP contribution in [0.5, 0.6) is 0 Å². The Kier molecular flexibility index (Phi) is 3.98. The average Bonchev–Trinajstić information content (AvgIpc) is 2.89. The SMILES string of the molecule is C[C@H]1CCCN1S(=O)(=O)c1ccc2c(Br)cnc(Cl)c2c1. The smallest absolute Gasteiger partial charge is 0.243 e. The van der Waals surface area contributed by atoms with E-state index in [1.54, 1.807) is 28.7 Å². The van der Waals surface area contributed by atoms with E-state index in [2.05, 4.69) is 20.9 Å². The Bertz CT molecular complexity index is 810. The van der Waals surface area contributed by atoms with Gasteiger partial charge in [0.05, 0.1) is 4.90 Å². The number of hydrogen-bond donors (Lipinski definition) is 0. The summed E-state index contributed by atoms with van der Waals surface area (Å²) in [6, 6.07) is 5.04. The minimum atomic E-state index is -3.48. The molecule has 4 nitrogen and oxygen atoms in total. The number of benzene rings is 1. The van der Waals surface area contributed by atoms with Crippen LogP contribution in [-0.2, 0) is 10.0 Å². The van der Waals surface area contributed by atoms with Crippen LogP contribution in [0.15, 0.2) is 33.8 Å². The Morgan fingerprint density at radius 2 is 2.14 bits per heavy atom. The van der Waals surface area contributed by atoms with E-state index in [9.17, 15) is 8.42 Å². The van der Waals surface area contributed by atoms with Crippen LogP contribution in [0.3, 0.4) is 0 Å². The standard InChI is InChI=1S/C14H14BrClN2O2S/c1-9-3-2-6-18(9)21(19,20)10-4-5-11-12(7-10)14(16)17-8-13(11)15/h4-5,7-9H,2-3,6H2,1H3/t9-/m0/s1. The van der Waals surface area contributed by atoms with Gasteiger partial charge >= 0.3 is 0 Å². The first kappa shape index (κ1) is 15.2. The lowest BCUT2D eigenvalue weighted by Gasteiger charge is -2.21. The van der Waals surface area contributed by atoms with Crippen LogP contribution in [0.1, 0.15) is 19.8 Å². The molecule has 0 aliphatic carbocycles. The van der Waals surface area contributed by atoms with Gasteiger partial charge < -0.3 is 0 Å². The molecule has 0 bridgehead atoms. The van der Waals surface area contributed by atoms with Crippen molar-refractivity contribution in [1.82, 2.24) is 9.29 Å². The van der Waals surface area contributed by atoms with E-state index in [0.717, 1.165) is 22.7 Å². The molecule has 1 atom stereocenters. The van der Waals surface area contributed by atoms with Gasteiger partial charge in [-0.15, -0.1) is 0 Å². The monoisotopic (exact) mass is 388 g/mol. The zero-order valence-electron chi connectivity index (χ0n) is 11.4. The summed E-state index contributed by atoms with van der Waals surface area (Å²) >= 11 is 9.50. The fraction of sp³-hybridized carbons (Fsp3) is 0.357. The number of pyridine rings is 1. The highest BCUT2D eigenvalue weighted by Crippen LogP contribution is 2.32. The number of sulfonamides is 1. The predicted molar refractivity (Wildman–Crippen MR) is 87.0 cm³/mol. The number of halogens is 2. The summed E-state index contributed by atoms with van der Waals surface area (Å²) < 4.78 is 27.8. The molecule has 1 fully saturated rings. The zero-order chi connectivity index (χ0) is 15.2. The number of fused-ring (bicyclic) bond motifs is 1. The van der Waals surface area contributed by atoms with Crippen molar-refractivity contribution in [2.24, 2.45) is 0 Å². The topological polar surface area (TPSA) is 50.3 Å². The molecule has 2 heterocycles. The number of rotatable bonds is 2. The Labute approximate surface area is 137 Å². The molecule has 1 aromatic carbocycles. The zero-order valence-corrected chi connectivity index (χ0v) is 14.5. The molecule has 1 aromatic heterocycles. The molecule has 0 unspecified atom stereocenters. The van der Waals surface area contributed by atoms with Gasteiger partial charge in [-0.05, 0) is 47.8 Å². The maximum Gasteiger partial charge on any atom is 0.243 e. The number of hydrogen-bond acceptors (Lipinski definition) is 3. The molecule has 0 radical (unpaired) electrons. The normalized spacial score (nSPS) is 20.2. The van der Waals surface area contributed by atoms with Gasteiger partial charge in [-0.2, -0.15) is 4.31 Å². The molecule has 1 aliphatic rings. The van der Waals surface area contributed by atoms with Crippen LogP contribution < -0.4 is 0 Å². The van der Waals surface area contributed by atoms with Gasteiger partial charge in [0.25, 0.3) is 0 Å². The summed E-state index contributed by atoms with van der Waals surface area (Å²) in [5.74, 6) is 0. The summed E-state index contributed by atoms with van der Waals surface area (Å²) in [5, 5.41) is 1.79. The second kappa shape index (κ2) is 5.50. The molecule has 3 rings (SSSR count). The van der Waals surface area contributed by atoms with E-state index in [1.807, 2.05) is 6.92 Å². The lowest BCUT2D eigenvalue weighted by molar-refractivity contribution is 0.408. The fourth-order valence-corrected chi connectivity index (χ4v) is 5.09. The van der Waals surface area contributed by atoms with Gasteiger partial charge in [-0.25, -0.2) is 13.4 Å². The Morgan fingerprint density at radius 3 is 2.81 bits per heavy atom. The summed E-state index contributed by atoms with van der Waals surface area (Å²) in [6.45, 7) is 2.52. The van der Waals surface area contributed by atoms with E-state index in [-0.39, 0.29) is 10.9 Å². The van der Waals surface area contributed by atoms with Crippen molar-refractivity contribution >= 4 is 48.3 Å². The molecular formula is C14H14BrClN2O2S. The molecule has 7 heteroatoms. The maximum atomic E-state index is 12.7. The van der Waals surface area contributed by atoms with Gasteiger partial charge in [0.2, 0.25) is 10.0 Å². The third kappa shape index (κ3) is 2.59. The Hall–Kier alpha value is -0.690. The Balaban J connectivity index is 2.15. The van der Waals surface area contributed by atoms with Crippen LogP contribution in [0.2, 0.25) is 5.15 Å². The van der Waals surface area contributed by atoms with Crippen LogP contribution in [0.25, 0.3) is 10.8 Å². The molecule has 1 saturated heterocycles. The second-order valence-electron chi connectivity index (χ2n) is 5.21. The highest BCUT2D eigenvalue weighted by Gasteiger charge is 2.32. The molecule has 112 valence electrons. The molecule has 2 aromatic rings. The molecule has 0 amide bonds. The van der Waals surface area contributed by atoms with Gasteiger partial charge in [0.1, 0.15) is 5.15 Å². The molecular weight excluding hydrogens is 376 g/mol. The first-order valence-corrected chi connectivity index (χ1v) is 9.28. The predicted octanol–water partition coefficient (Wildman–Crippen LogP) is 3.82. The van der Waals surface area contributed by atoms with Crippen molar-refractivity contribution in [2.75, 3.05) is 6.54 Å². The first-order chi connectivity index (χ1) is 9.91. The average molecular weight is 390 g/mol. The molecule has 0 saturated carbocycles. The van der Waals surface area contributed by atoms with E-state index in [0.29, 0.717) is 17.1 Å². The van der Waals surface area contributed by atoms with Gasteiger partial charge in [0, 0.05) is 34.0 Å². The van der Waals surface area contributed by atoms with Crippen molar-refractivity contribution < 1.29 is 8.42 Å². The van der Waals surface area contributed by atoms with Crippen molar-refractivity contribution in [3.05, 3.63) is 34.0 Å². The van der Waals surface area contributed by atoms with Gasteiger partial charge in [0.15, 0.2) is 0 Å². The van der Waals surface area contributed by atoms with Crippen LogP contribution in [-0.4, -0.2) is 30.3 Å². The summed E-state index contributed by atoms with van der Waals surface area (Å²) in [4.78, 5) is 4.32. The third-order valence-electron chi connectivity index (χ3n) is 3.86. The Morgan fingerprint density at radius 1 is 1.38 bits per heavy atom. The summed E-state index contributed by atoms with van der Waals surface area (Å²) in [6.07, 6.45) is 3.42. The molecule has 0 spiro atoms. The molecule has 0 N–H and O–H groups in total.